The van der Waals surface area contributed by atoms with Crippen molar-refractivity contribution in [2.24, 2.45) is 0 Å². The van der Waals surface area contributed by atoms with Crippen molar-refractivity contribution in [3.63, 3.8) is 0 Å². The lowest BCUT2D eigenvalue weighted by Crippen LogP contribution is -2.38. The van der Waals surface area contributed by atoms with Crippen LogP contribution in [0.3, 0.4) is 0 Å². The van der Waals surface area contributed by atoms with Gasteiger partial charge in [0.1, 0.15) is 5.82 Å². The molecular formula is C19H24N6O3. The van der Waals surface area contributed by atoms with Crippen LogP contribution in [-0.4, -0.2) is 55.3 Å². The molecule has 0 unspecified atom stereocenters. The molecular weight excluding hydrogens is 360 g/mol. The van der Waals surface area contributed by atoms with E-state index >= 15 is 0 Å². The number of ether oxygens (including phenoxy) is 1. The zero-order valence-electron chi connectivity index (χ0n) is 16.1. The van der Waals surface area contributed by atoms with Gasteiger partial charge in [-0.1, -0.05) is 0 Å². The molecule has 0 bridgehead atoms. The van der Waals surface area contributed by atoms with Crippen molar-refractivity contribution in [2.45, 2.75) is 38.8 Å². The van der Waals surface area contributed by atoms with Crippen LogP contribution in [0.5, 0.6) is 5.95 Å². The van der Waals surface area contributed by atoms with Crippen molar-refractivity contribution in [2.75, 3.05) is 20.2 Å². The molecule has 1 fully saturated rings. The smallest absolute Gasteiger partial charge is 0.289 e. The Morgan fingerprint density at radius 3 is 2.75 bits per heavy atom. The molecule has 148 valence electrons. The number of rotatable bonds is 6. The van der Waals surface area contributed by atoms with Gasteiger partial charge in [0.25, 0.3) is 11.9 Å². The first-order valence-corrected chi connectivity index (χ1v) is 9.50. The van der Waals surface area contributed by atoms with Crippen LogP contribution in [0.15, 0.2) is 35.3 Å². The van der Waals surface area contributed by atoms with Gasteiger partial charge >= 0.3 is 0 Å². The van der Waals surface area contributed by atoms with Crippen LogP contribution >= 0.6 is 0 Å². The standard InChI is InChI=1S/C19H24N6O3/c1-3-25-16(12-23-11-8-20-13-23)21-22-18(25)14-6-9-24(10-7-14)19(26)15-4-5-17(27-2)28-15/h4-5,8,11,13-14H,3,6-7,9-10,12H2,1-2H3. The number of aromatic nitrogens is 5. The Labute approximate surface area is 162 Å². The number of amides is 1. The highest BCUT2D eigenvalue weighted by molar-refractivity contribution is 5.91. The van der Waals surface area contributed by atoms with Crippen LogP contribution < -0.4 is 4.74 Å². The third-order valence-electron chi connectivity index (χ3n) is 5.20. The minimum Gasteiger partial charge on any atom is -0.468 e. The van der Waals surface area contributed by atoms with E-state index < -0.39 is 0 Å². The second-order valence-corrected chi connectivity index (χ2v) is 6.84. The summed E-state index contributed by atoms with van der Waals surface area (Å²) in [5, 5.41) is 8.88. The third-order valence-corrected chi connectivity index (χ3v) is 5.20. The highest BCUT2D eigenvalue weighted by Gasteiger charge is 2.29. The molecule has 9 nitrogen and oxygen atoms in total. The van der Waals surface area contributed by atoms with Gasteiger partial charge in [-0.05, 0) is 25.8 Å². The molecule has 0 aliphatic carbocycles. The highest BCUT2D eigenvalue weighted by atomic mass is 16.6. The topological polar surface area (TPSA) is 91.2 Å². The van der Waals surface area contributed by atoms with E-state index in [-0.39, 0.29) is 5.91 Å². The summed E-state index contributed by atoms with van der Waals surface area (Å²) in [6, 6.07) is 3.31. The number of piperidine rings is 1. The van der Waals surface area contributed by atoms with Crippen LogP contribution in [0.25, 0.3) is 0 Å². The molecule has 0 radical (unpaired) electrons. The van der Waals surface area contributed by atoms with Crippen molar-refractivity contribution >= 4 is 5.91 Å². The molecule has 28 heavy (non-hydrogen) atoms. The molecule has 0 aromatic carbocycles. The van der Waals surface area contributed by atoms with Gasteiger partial charge in [0, 0.05) is 44.0 Å². The number of hydrogen-bond acceptors (Lipinski definition) is 6. The fraction of sp³-hybridized carbons (Fsp3) is 0.474. The van der Waals surface area contributed by atoms with Crippen molar-refractivity contribution in [1.82, 2.24) is 29.2 Å². The predicted octanol–water partition coefficient (Wildman–Crippen LogP) is 2.16. The normalized spacial score (nSPS) is 15.1. The molecule has 0 spiro atoms. The number of likely N-dealkylation sites (tertiary alicyclic amines) is 1. The van der Waals surface area contributed by atoms with Crippen LogP contribution in [0, 0.1) is 0 Å². The summed E-state index contributed by atoms with van der Waals surface area (Å²) < 4.78 is 14.6. The summed E-state index contributed by atoms with van der Waals surface area (Å²) in [6.45, 7) is 4.91. The lowest BCUT2D eigenvalue weighted by molar-refractivity contribution is 0.0672. The van der Waals surface area contributed by atoms with Crippen molar-refractivity contribution in [3.8, 4) is 5.95 Å². The first-order valence-electron chi connectivity index (χ1n) is 9.50. The number of nitrogens with zero attached hydrogens (tertiary/aromatic N) is 6. The van der Waals surface area contributed by atoms with E-state index in [0.29, 0.717) is 37.3 Å². The Kier molecular flexibility index (Phi) is 5.14. The van der Waals surface area contributed by atoms with Gasteiger partial charge < -0.3 is 23.2 Å². The number of carbonyl (C=O) groups excluding carboxylic acids is 1. The molecule has 4 rings (SSSR count). The zero-order chi connectivity index (χ0) is 19.5. The van der Waals surface area contributed by atoms with E-state index in [9.17, 15) is 4.79 Å². The molecule has 4 heterocycles. The van der Waals surface area contributed by atoms with Crippen LogP contribution in [0.1, 0.15) is 47.9 Å². The molecule has 1 aliphatic rings. The largest absolute Gasteiger partial charge is 0.468 e. The Balaban J connectivity index is 1.42. The summed E-state index contributed by atoms with van der Waals surface area (Å²) in [6.07, 6.45) is 7.17. The van der Waals surface area contributed by atoms with E-state index in [1.807, 2.05) is 15.7 Å². The van der Waals surface area contributed by atoms with Crippen LogP contribution in [0.2, 0.25) is 0 Å². The van der Waals surface area contributed by atoms with Crippen LogP contribution in [-0.2, 0) is 13.1 Å². The molecule has 1 amide bonds. The van der Waals surface area contributed by atoms with Gasteiger partial charge in [0.05, 0.1) is 20.0 Å². The summed E-state index contributed by atoms with van der Waals surface area (Å²) in [5.41, 5.74) is 0. The van der Waals surface area contributed by atoms with E-state index in [1.165, 1.54) is 7.11 Å². The lowest BCUT2D eigenvalue weighted by Gasteiger charge is -2.31. The Morgan fingerprint density at radius 2 is 2.11 bits per heavy atom. The monoisotopic (exact) mass is 384 g/mol. The van der Waals surface area contributed by atoms with E-state index in [1.54, 1.807) is 24.7 Å². The molecule has 1 aliphatic heterocycles. The average molecular weight is 384 g/mol. The quantitative estimate of drug-likeness (QED) is 0.647. The van der Waals surface area contributed by atoms with Gasteiger partial charge in [0.15, 0.2) is 11.6 Å². The number of hydrogen-bond donors (Lipinski definition) is 0. The summed E-state index contributed by atoms with van der Waals surface area (Å²) in [5.74, 6) is 2.79. The highest BCUT2D eigenvalue weighted by Crippen LogP contribution is 2.29. The van der Waals surface area contributed by atoms with Crippen LogP contribution in [0.4, 0.5) is 0 Å². The summed E-state index contributed by atoms with van der Waals surface area (Å²) in [4.78, 5) is 18.5. The molecule has 0 atom stereocenters. The first-order chi connectivity index (χ1) is 13.7. The lowest BCUT2D eigenvalue weighted by atomic mass is 9.95. The van der Waals surface area contributed by atoms with E-state index in [4.69, 9.17) is 9.15 Å². The Hall–Kier alpha value is -3.10. The maximum Gasteiger partial charge on any atom is 0.289 e. The molecule has 0 saturated carbocycles. The van der Waals surface area contributed by atoms with Crippen molar-refractivity contribution in [1.29, 1.82) is 0 Å². The second kappa shape index (κ2) is 7.87. The Bertz CT molecular complexity index is 922. The minimum atomic E-state index is -0.0977. The average Bonchev–Trinajstić information content (AvgIpc) is 3.48. The Morgan fingerprint density at radius 1 is 1.29 bits per heavy atom. The van der Waals surface area contributed by atoms with E-state index in [2.05, 4.69) is 26.7 Å². The molecule has 0 N–H and O–H groups in total. The van der Waals surface area contributed by atoms with Gasteiger partial charge in [-0.2, -0.15) is 0 Å². The fourth-order valence-corrected chi connectivity index (χ4v) is 3.70. The predicted molar refractivity (Wildman–Crippen MR) is 100 cm³/mol. The van der Waals surface area contributed by atoms with Gasteiger partial charge in [-0.3, -0.25) is 4.79 Å². The number of imidazole rings is 1. The zero-order valence-corrected chi connectivity index (χ0v) is 16.1. The van der Waals surface area contributed by atoms with Crippen molar-refractivity contribution < 1.29 is 13.9 Å². The van der Waals surface area contributed by atoms with Crippen molar-refractivity contribution in [3.05, 3.63) is 48.3 Å². The van der Waals surface area contributed by atoms with Gasteiger partial charge in [0.2, 0.25) is 0 Å². The first kappa shape index (κ1) is 18.3. The maximum atomic E-state index is 12.6. The fourth-order valence-electron chi connectivity index (χ4n) is 3.70. The summed E-state index contributed by atoms with van der Waals surface area (Å²) in [7, 11) is 1.52. The van der Waals surface area contributed by atoms with Gasteiger partial charge in [-0.25, -0.2) is 4.98 Å². The molecule has 3 aromatic heterocycles. The SMILES string of the molecule is CCn1c(Cn2ccnc2)nnc1C1CCN(C(=O)c2ccc(OC)o2)CC1. The maximum absolute atomic E-state index is 12.6. The third kappa shape index (κ3) is 3.51. The van der Waals surface area contributed by atoms with E-state index in [0.717, 1.165) is 31.0 Å². The number of furan rings is 1. The molecule has 9 heteroatoms. The second-order valence-electron chi connectivity index (χ2n) is 6.84. The minimum absolute atomic E-state index is 0.0977. The molecule has 1 saturated heterocycles. The summed E-state index contributed by atoms with van der Waals surface area (Å²) >= 11 is 0. The number of methoxy groups -OCH3 is 1. The molecule has 3 aromatic rings. The van der Waals surface area contributed by atoms with Gasteiger partial charge in [-0.15, -0.1) is 10.2 Å². The number of carbonyl (C=O) groups is 1.